The summed E-state index contributed by atoms with van der Waals surface area (Å²) in [7, 11) is -3.84. The average molecular weight is 500 g/mol. The van der Waals surface area contributed by atoms with Crippen LogP contribution in [0.3, 0.4) is 0 Å². The van der Waals surface area contributed by atoms with Crippen LogP contribution in [0.2, 0.25) is 0 Å². The fourth-order valence-corrected chi connectivity index (χ4v) is 4.29. The van der Waals surface area contributed by atoms with Gasteiger partial charge in [-0.15, -0.1) is 0 Å². The minimum absolute atomic E-state index is 0.0520. The van der Waals surface area contributed by atoms with Gasteiger partial charge in [-0.25, -0.2) is 21.6 Å². The number of nitrogens with one attached hydrogen (secondary N) is 1. The number of nitrogens with zero attached hydrogens (tertiary/aromatic N) is 2. The zero-order valence-corrected chi connectivity index (χ0v) is 20.0. The number of hydrogen-bond acceptors (Lipinski definition) is 4. The molecule has 2 rings (SSSR count). The van der Waals surface area contributed by atoms with E-state index >= 15 is 0 Å². The first kappa shape index (κ1) is 27.2. The molecule has 7 nitrogen and oxygen atoms in total. The summed E-state index contributed by atoms with van der Waals surface area (Å²) in [6.07, 6.45) is 0.877. The number of hydrogen-bond donors (Lipinski definition) is 1. The van der Waals surface area contributed by atoms with Gasteiger partial charge in [-0.05, 0) is 50.1 Å². The maximum Gasteiger partial charge on any atom is 0.242 e. The zero-order valence-electron chi connectivity index (χ0n) is 19.2. The summed E-state index contributed by atoms with van der Waals surface area (Å²) < 4.78 is 65.4. The van der Waals surface area contributed by atoms with Crippen molar-refractivity contribution in [2.45, 2.75) is 39.3 Å². The molecule has 0 unspecified atom stereocenters. The first-order chi connectivity index (χ1) is 15.9. The van der Waals surface area contributed by atoms with Crippen LogP contribution in [-0.2, 0) is 26.2 Å². The summed E-state index contributed by atoms with van der Waals surface area (Å²) in [5, 5.41) is 2.65. The molecular formula is C23H28F3N3O4S. The SMILES string of the molecule is CCNC(=O)[C@H](C)N(Cc1ccc(F)cc1)C(=O)CCCN(c1ccc(F)c(F)c1)S(C)(=O)=O. The predicted octanol–water partition coefficient (Wildman–Crippen LogP) is 3.20. The first-order valence-corrected chi connectivity index (χ1v) is 12.5. The van der Waals surface area contributed by atoms with E-state index in [1.165, 1.54) is 29.2 Å². The van der Waals surface area contributed by atoms with Crippen molar-refractivity contribution in [3.63, 3.8) is 0 Å². The maximum atomic E-state index is 13.6. The molecule has 0 fully saturated rings. The van der Waals surface area contributed by atoms with Gasteiger partial charge in [0, 0.05) is 32.1 Å². The molecule has 2 amide bonds. The van der Waals surface area contributed by atoms with Gasteiger partial charge >= 0.3 is 0 Å². The average Bonchev–Trinajstić information content (AvgIpc) is 2.77. The summed E-state index contributed by atoms with van der Waals surface area (Å²) in [6.45, 7) is 3.58. The van der Waals surface area contributed by atoms with Crippen molar-refractivity contribution in [1.29, 1.82) is 0 Å². The predicted molar refractivity (Wildman–Crippen MR) is 123 cm³/mol. The van der Waals surface area contributed by atoms with Gasteiger partial charge in [0.15, 0.2) is 11.6 Å². The lowest BCUT2D eigenvalue weighted by Gasteiger charge is -2.29. The number of carbonyl (C=O) groups is 2. The Bertz CT molecular complexity index is 1110. The third kappa shape index (κ3) is 7.47. The lowest BCUT2D eigenvalue weighted by atomic mass is 10.1. The second-order valence-electron chi connectivity index (χ2n) is 7.76. The Hall–Kier alpha value is -3.08. The molecule has 11 heteroatoms. The Labute approximate surface area is 197 Å². The van der Waals surface area contributed by atoms with E-state index in [9.17, 15) is 31.2 Å². The zero-order chi connectivity index (χ0) is 25.5. The normalized spacial score (nSPS) is 12.2. The summed E-state index contributed by atoms with van der Waals surface area (Å²) in [4.78, 5) is 26.7. The number of rotatable bonds is 11. The van der Waals surface area contributed by atoms with Crippen molar-refractivity contribution >= 4 is 27.5 Å². The molecule has 186 valence electrons. The second kappa shape index (κ2) is 11.9. The third-order valence-electron chi connectivity index (χ3n) is 5.13. The van der Waals surface area contributed by atoms with E-state index in [0.29, 0.717) is 12.1 Å². The lowest BCUT2D eigenvalue weighted by molar-refractivity contribution is -0.140. The molecule has 0 saturated heterocycles. The summed E-state index contributed by atoms with van der Waals surface area (Å²) in [5.41, 5.74) is 0.554. The molecule has 2 aromatic rings. The molecule has 0 spiro atoms. The number of benzene rings is 2. The van der Waals surface area contributed by atoms with Gasteiger partial charge in [0.2, 0.25) is 21.8 Å². The van der Waals surface area contributed by atoms with Gasteiger partial charge in [0.05, 0.1) is 11.9 Å². The minimum Gasteiger partial charge on any atom is -0.355 e. The molecule has 1 N–H and O–H groups in total. The number of sulfonamides is 1. The highest BCUT2D eigenvalue weighted by atomic mass is 32.2. The van der Waals surface area contributed by atoms with Crippen molar-refractivity contribution in [2.24, 2.45) is 0 Å². The number of likely N-dealkylation sites (N-methyl/N-ethyl adjacent to an activating group) is 1. The van der Waals surface area contributed by atoms with Crippen LogP contribution in [0, 0.1) is 17.5 Å². The molecule has 0 radical (unpaired) electrons. The van der Waals surface area contributed by atoms with Gasteiger partial charge in [0.25, 0.3) is 0 Å². The standard InChI is InChI=1S/C23H28F3N3O4S/c1-4-27-23(31)16(2)28(15-17-7-9-18(24)10-8-17)22(30)6-5-13-29(34(3,32)33)19-11-12-20(25)21(26)14-19/h7-12,14,16H,4-6,13,15H2,1-3H3,(H,27,31)/t16-/m0/s1. The molecule has 0 aromatic heterocycles. The van der Waals surface area contributed by atoms with Gasteiger partial charge in [-0.1, -0.05) is 12.1 Å². The Morgan fingerprint density at radius 2 is 1.68 bits per heavy atom. The molecule has 0 bridgehead atoms. The highest BCUT2D eigenvalue weighted by Gasteiger charge is 2.26. The van der Waals surface area contributed by atoms with Gasteiger partial charge < -0.3 is 10.2 Å². The van der Waals surface area contributed by atoms with Crippen LogP contribution in [-0.4, -0.2) is 50.5 Å². The molecule has 2 aromatic carbocycles. The van der Waals surface area contributed by atoms with Crippen LogP contribution in [0.1, 0.15) is 32.3 Å². The topological polar surface area (TPSA) is 86.8 Å². The summed E-state index contributed by atoms with van der Waals surface area (Å²) in [6, 6.07) is 7.43. The van der Waals surface area contributed by atoms with Gasteiger partial charge in [-0.3, -0.25) is 13.9 Å². The summed E-state index contributed by atoms with van der Waals surface area (Å²) >= 11 is 0. The van der Waals surface area contributed by atoms with E-state index in [-0.39, 0.29) is 37.5 Å². The van der Waals surface area contributed by atoms with Crippen molar-refractivity contribution in [3.05, 3.63) is 65.5 Å². The quantitative estimate of drug-likeness (QED) is 0.515. The van der Waals surface area contributed by atoms with Crippen molar-refractivity contribution in [2.75, 3.05) is 23.7 Å². The van der Waals surface area contributed by atoms with E-state index in [1.54, 1.807) is 13.8 Å². The highest BCUT2D eigenvalue weighted by Crippen LogP contribution is 2.21. The van der Waals surface area contributed by atoms with Crippen molar-refractivity contribution in [1.82, 2.24) is 10.2 Å². The van der Waals surface area contributed by atoms with E-state index in [1.807, 2.05) is 0 Å². The fourth-order valence-electron chi connectivity index (χ4n) is 3.34. The molecule has 0 saturated carbocycles. The minimum atomic E-state index is -3.84. The third-order valence-corrected chi connectivity index (χ3v) is 6.32. The van der Waals surface area contributed by atoms with Crippen molar-refractivity contribution in [3.8, 4) is 0 Å². The van der Waals surface area contributed by atoms with E-state index in [4.69, 9.17) is 0 Å². The van der Waals surface area contributed by atoms with E-state index in [0.717, 1.165) is 28.8 Å². The Morgan fingerprint density at radius 3 is 2.24 bits per heavy atom. The largest absolute Gasteiger partial charge is 0.355 e. The van der Waals surface area contributed by atoms with Crippen molar-refractivity contribution < 1.29 is 31.2 Å². The maximum absolute atomic E-state index is 13.6. The van der Waals surface area contributed by atoms with E-state index < -0.39 is 39.4 Å². The van der Waals surface area contributed by atoms with Crippen LogP contribution < -0.4 is 9.62 Å². The molecular weight excluding hydrogens is 471 g/mol. The number of amides is 2. The number of carbonyl (C=O) groups excluding carboxylic acids is 2. The van der Waals surface area contributed by atoms with Crippen LogP contribution in [0.25, 0.3) is 0 Å². The van der Waals surface area contributed by atoms with Crippen LogP contribution in [0.5, 0.6) is 0 Å². The number of halogens is 3. The van der Waals surface area contributed by atoms with E-state index in [2.05, 4.69) is 5.32 Å². The Balaban J connectivity index is 2.16. The Kier molecular flexibility index (Phi) is 9.48. The smallest absolute Gasteiger partial charge is 0.242 e. The summed E-state index contributed by atoms with van der Waals surface area (Å²) in [5.74, 6) is -3.51. The monoisotopic (exact) mass is 499 g/mol. The highest BCUT2D eigenvalue weighted by molar-refractivity contribution is 7.92. The molecule has 1 atom stereocenters. The molecule has 0 heterocycles. The molecule has 0 aliphatic heterocycles. The van der Waals surface area contributed by atoms with Crippen LogP contribution in [0.4, 0.5) is 18.9 Å². The first-order valence-electron chi connectivity index (χ1n) is 10.7. The van der Waals surface area contributed by atoms with Crippen LogP contribution in [0.15, 0.2) is 42.5 Å². The second-order valence-corrected chi connectivity index (χ2v) is 9.66. The molecule has 34 heavy (non-hydrogen) atoms. The van der Waals surface area contributed by atoms with Gasteiger partial charge in [-0.2, -0.15) is 0 Å². The lowest BCUT2D eigenvalue weighted by Crippen LogP contribution is -2.47. The van der Waals surface area contributed by atoms with Gasteiger partial charge in [0.1, 0.15) is 11.9 Å². The Morgan fingerprint density at radius 1 is 1.03 bits per heavy atom. The molecule has 0 aliphatic carbocycles. The fraction of sp³-hybridized carbons (Fsp3) is 0.391. The van der Waals surface area contributed by atoms with Crippen LogP contribution >= 0.6 is 0 Å². The molecule has 0 aliphatic rings. The number of anilines is 1.